The molecule has 0 radical (unpaired) electrons. The average molecular weight is 298 g/mol. The predicted molar refractivity (Wildman–Crippen MR) is 82.6 cm³/mol. The number of thiazole rings is 1. The van der Waals surface area contributed by atoms with E-state index in [0.717, 1.165) is 43.3 Å². The molecule has 0 spiro atoms. The van der Waals surface area contributed by atoms with Crippen LogP contribution in [0.25, 0.3) is 0 Å². The van der Waals surface area contributed by atoms with Crippen LogP contribution < -0.4 is 16.8 Å². The van der Waals surface area contributed by atoms with Gasteiger partial charge >= 0.3 is 0 Å². The molecule has 1 aliphatic heterocycles. The fourth-order valence-electron chi connectivity index (χ4n) is 1.86. The Morgan fingerprint density at radius 1 is 1.58 bits per heavy atom. The predicted octanol–water partition coefficient (Wildman–Crippen LogP) is 0.691. The number of nitrogens with zero attached hydrogens (tertiary/aromatic N) is 3. The summed E-state index contributed by atoms with van der Waals surface area (Å²) in [7, 11) is 0. The second-order valence-electron chi connectivity index (χ2n) is 4.31. The minimum atomic E-state index is 0.0445. The van der Waals surface area contributed by atoms with Crippen LogP contribution in [0.2, 0.25) is 0 Å². The van der Waals surface area contributed by atoms with Crippen molar-refractivity contribution in [3.63, 3.8) is 0 Å². The van der Waals surface area contributed by atoms with Gasteiger partial charge in [-0.25, -0.2) is 4.98 Å². The number of hydrogen-bond acceptors (Lipinski definition) is 4. The van der Waals surface area contributed by atoms with Gasteiger partial charge in [0.15, 0.2) is 11.1 Å². The van der Waals surface area contributed by atoms with E-state index in [-0.39, 0.29) is 5.96 Å². The highest BCUT2D eigenvalue weighted by Crippen LogP contribution is 2.29. The summed E-state index contributed by atoms with van der Waals surface area (Å²) in [5.74, 6) is 0.0445. The second kappa shape index (κ2) is 6.16. The van der Waals surface area contributed by atoms with Gasteiger partial charge in [-0.2, -0.15) is 4.99 Å². The second-order valence-corrected chi connectivity index (χ2v) is 5.76. The molecule has 8 heteroatoms. The number of guanidine groups is 1. The Kier molecular flexibility index (Phi) is 4.54. The van der Waals surface area contributed by atoms with Crippen molar-refractivity contribution < 1.29 is 0 Å². The Bertz CT molecular complexity index is 491. The molecule has 0 bridgehead atoms. The van der Waals surface area contributed by atoms with Crippen LogP contribution in [-0.4, -0.2) is 34.0 Å². The molecule has 19 heavy (non-hydrogen) atoms. The number of aromatic nitrogens is 1. The Hall–Kier alpha value is -1.41. The molecular formula is C11H18N6S2. The Balaban J connectivity index is 2.05. The van der Waals surface area contributed by atoms with Gasteiger partial charge in [-0.1, -0.05) is 18.3 Å². The summed E-state index contributed by atoms with van der Waals surface area (Å²) >= 11 is 6.90. The van der Waals surface area contributed by atoms with Gasteiger partial charge in [-0.05, 0) is 18.6 Å². The van der Waals surface area contributed by atoms with E-state index in [1.54, 1.807) is 0 Å². The van der Waals surface area contributed by atoms with Crippen LogP contribution in [0.4, 0.5) is 5.13 Å². The van der Waals surface area contributed by atoms with E-state index >= 15 is 0 Å². The first-order valence-electron chi connectivity index (χ1n) is 6.21. The minimum absolute atomic E-state index is 0.0445. The maximum Gasteiger partial charge on any atom is 0.212 e. The Morgan fingerprint density at radius 3 is 3.05 bits per heavy atom. The van der Waals surface area contributed by atoms with Crippen molar-refractivity contribution in [1.82, 2.24) is 15.2 Å². The largest absolute Gasteiger partial charge is 0.370 e. The number of rotatable bonds is 3. The van der Waals surface area contributed by atoms with Crippen molar-refractivity contribution in [2.45, 2.75) is 26.3 Å². The lowest BCUT2D eigenvalue weighted by Crippen LogP contribution is -2.42. The molecule has 0 aliphatic carbocycles. The topological polar surface area (TPSA) is 92.6 Å². The molecule has 0 saturated carbocycles. The summed E-state index contributed by atoms with van der Waals surface area (Å²) in [5.41, 5.74) is 11.8. The van der Waals surface area contributed by atoms with Crippen LogP contribution in [0.15, 0.2) is 4.99 Å². The van der Waals surface area contributed by atoms with Gasteiger partial charge in [0.05, 0.1) is 12.2 Å². The van der Waals surface area contributed by atoms with Gasteiger partial charge < -0.3 is 21.7 Å². The van der Waals surface area contributed by atoms with E-state index in [2.05, 4.69) is 27.1 Å². The highest BCUT2D eigenvalue weighted by atomic mass is 32.1. The molecule has 2 heterocycles. The first-order valence-corrected chi connectivity index (χ1v) is 7.43. The zero-order valence-corrected chi connectivity index (χ0v) is 12.5. The number of aliphatic imine (C=N–C) groups is 1. The van der Waals surface area contributed by atoms with Crippen LogP contribution in [0.3, 0.4) is 0 Å². The SMILES string of the molecule is CCCNC(=S)N1CCc2nc(N=C(N)N)sc2C1. The average Bonchev–Trinajstić information content (AvgIpc) is 2.75. The van der Waals surface area contributed by atoms with Gasteiger partial charge in [-0.15, -0.1) is 0 Å². The van der Waals surface area contributed by atoms with Crippen molar-refractivity contribution in [1.29, 1.82) is 0 Å². The van der Waals surface area contributed by atoms with Gasteiger partial charge in [0.2, 0.25) is 5.13 Å². The molecule has 1 aromatic rings. The van der Waals surface area contributed by atoms with Crippen LogP contribution >= 0.6 is 23.6 Å². The lowest BCUT2D eigenvalue weighted by atomic mass is 10.2. The molecule has 6 nitrogen and oxygen atoms in total. The van der Waals surface area contributed by atoms with Crippen molar-refractivity contribution in [2.75, 3.05) is 13.1 Å². The van der Waals surface area contributed by atoms with Crippen molar-refractivity contribution in [2.24, 2.45) is 16.5 Å². The highest BCUT2D eigenvalue weighted by molar-refractivity contribution is 7.80. The molecule has 2 rings (SSSR count). The van der Waals surface area contributed by atoms with E-state index < -0.39 is 0 Å². The Labute approximate surface area is 121 Å². The summed E-state index contributed by atoms with van der Waals surface area (Å²) in [6.07, 6.45) is 1.94. The third kappa shape index (κ3) is 3.54. The number of nitrogens with two attached hydrogens (primary N) is 2. The molecule has 5 N–H and O–H groups in total. The van der Waals surface area contributed by atoms with E-state index in [1.165, 1.54) is 16.2 Å². The minimum Gasteiger partial charge on any atom is -0.370 e. The van der Waals surface area contributed by atoms with E-state index in [4.69, 9.17) is 23.7 Å². The number of nitrogens with one attached hydrogen (secondary N) is 1. The molecule has 0 amide bonds. The van der Waals surface area contributed by atoms with Gasteiger partial charge in [-0.3, -0.25) is 0 Å². The summed E-state index contributed by atoms with van der Waals surface area (Å²) in [6, 6.07) is 0. The van der Waals surface area contributed by atoms with Gasteiger partial charge in [0.25, 0.3) is 0 Å². The zero-order chi connectivity index (χ0) is 13.8. The quantitative estimate of drug-likeness (QED) is 0.432. The summed E-state index contributed by atoms with van der Waals surface area (Å²) in [6.45, 7) is 4.69. The molecular weight excluding hydrogens is 280 g/mol. The first-order chi connectivity index (χ1) is 9.10. The molecule has 104 valence electrons. The third-order valence-corrected chi connectivity index (χ3v) is 4.14. The van der Waals surface area contributed by atoms with Crippen molar-refractivity contribution in [3.05, 3.63) is 10.6 Å². The summed E-state index contributed by atoms with van der Waals surface area (Å²) in [5, 5.41) is 4.68. The number of thiocarbonyl (C=S) groups is 1. The highest BCUT2D eigenvalue weighted by Gasteiger charge is 2.22. The molecule has 0 unspecified atom stereocenters. The summed E-state index contributed by atoms with van der Waals surface area (Å²) in [4.78, 5) is 11.8. The van der Waals surface area contributed by atoms with Gasteiger partial charge in [0, 0.05) is 24.4 Å². The Morgan fingerprint density at radius 2 is 2.37 bits per heavy atom. The lowest BCUT2D eigenvalue weighted by molar-refractivity contribution is 0.389. The molecule has 1 aromatic heterocycles. The monoisotopic (exact) mass is 298 g/mol. The van der Waals surface area contributed by atoms with Crippen LogP contribution in [-0.2, 0) is 13.0 Å². The van der Waals surface area contributed by atoms with Gasteiger partial charge in [0.1, 0.15) is 0 Å². The van der Waals surface area contributed by atoms with E-state index in [1.807, 2.05) is 0 Å². The molecule has 0 saturated heterocycles. The zero-order valence-electron chi connectivity index (χ0n) is 10.8. The van der Waals surface area contributed by atoms with Crippen LogP contribution in [0, 0.1) is 0 Å². The molecule has 0 aromatic carbocycles. The number of hydrogen-bond donors (Lipinski definition) is 3. The van der Waals surface area contributed by atoms with Crippen LogP contribution in [0.5, 0.6) is 0 Å². The van der Waals surface area contributed by atoms with Crippen molar-refractivity contribution in [3.8, 4) is 0 Å². The van der Waals surface area contributed by atoms with E-state index in [9.17, 15) is 0 Å². The fourth-order valence-corrected chi connectivity index (χ4v) is 3.13. The molecule has 0 atom stereocenters. The molecule has 0 fully saturated rings. The standard InChI is InChI=1S/C11H18N6S2/c1-2-4-14-11(18)17-5-3-7-8(6-17)19-10(15-7)16-9(12)13/h2-6H2,1H3,(H,14,18)(H4,12,13,15,16). The third-order valence-electron chi connectivity index (χ3n) is 2.76. The summed E-state index contributed by atoms with van der Waals surface area (Å²) < 4.78 is 0. The van der Waals surface area contributed by atoms with Crippen LogP contribution in [0.1, 0.15) is 23.9 Å². The number of fused-ring (bicyclic) bond motifs is 1. The van der Waals surface area contributed by atoms with Crippen molar-refractivity contribution >= 4 is 39.8 Å². The maximum atomic E-state index is 5.38. The lowest BCUT2D eigenvalue weighted by Gasteiger charge is -2.28. The maximum absolute atomic E-state index is 5.38. The first kappa shape index (κ1) is 14.0. The smallest absolute Gasteiger partial charge is 0.212 e. The fraction of sp³-hybridized carbons (Fsp3) is 0.545. The van der Waals surface area contributed by atoms with E-state index in [0.29, 0.717) is 5.13 Å². The normalized spacial score (nSPS) is 13.8. The molecule has 1 aliphatic rings.